The summed E-state index contributed by atoms with van der Waals surface area (Å²) in [7, 11) is 0. The smallest absolute Gasteiger partial charge is 0.288 e. The molecule has 1 amide bonds. The number of ether oxygens (including phenoxy) is 2. The van der Waals surface area contributed by atoms with E-state index in [9.17, 15) is 14.9 Å². The molecule has 0 spiro atoms. The Morgan fingerprint density at radius 3 is 2.79 bits per heavy atom. The van der Waals surface area contributed by atoms with E-state index in [2.05, 4.69) is 10.5 Å². The van der Waals surface area contributed by atoms with Crippen molar-refractivity contribution in [3.63, 3.8) is 0 Å². The first-order valence-corrected chi connectivity index (χ1v) is 8.66. The minimum Gasteiger partial charge on any atom is -0.455 e. The van der Waals surface area contributed by atoms with Crippen molar-refractivity contribution in [2.75, 3.05) is 6.79 Å². The molecule has 2 heterocycles. The van der Waals surface area contributed by atoms with E-state index in [1.165, 1.54) is 18.3 Å². The highest BCUT2D eigenvalue weighted by molar-refractivity contribution is 6.32. The van der Waals surface area contributed by atoms with E-state index in [0.29, 0.717) is 34.1 Å². The predicted octanol–water partition coefficient (Wildman–Crippen LogP) is 4.00. The maximum absolute atomic E-state index is 12.2. The lowest BCUT2D eigenvalue weighted by atomic mass is 10.1. The Labute approximate surface area is 168 Å². The Morgan fingerprint density at radius 2 is 1.97 bits per heavy atom. The monoisotopic (exact) mass is 413 g/mol. The second-order valence-electron chi connectivity index (χ2n) is 5.89. The third kappa shape index (κ3) is 3.90. The Morgan fingerprint density at radius 1 is 1.14 bits per heavy atom. The van der Waals surface area contributed by atoms with Crippen LogP contribution in [0.15, 0.2) is 58.0 Å². The van der Waals surface area contributed by atoms with E-state index in [0.717, 1.165) is 0 Å². The van der Waals surface area contributed by atoms with Crippen LogP contribution in [0.1, 0.15) is 16.1 Å². The normalized spacial score (nSPS) is 12.3. The Kier molecular flexibility index (Phi) is 4.88. The number of nitrogens with zero attached hydrogens (tertiary/aromatic N) is 2. The van der Waals surface area contributed by atoms with Crippen molar-refractivity contribution in [2.24, 2.45) is 5.10 Å². The van der Waals surface area contributed by atoms with Crippen LogP contribution in [0.4, 0.5) is 5.69 Å². The van der Waals surface area contributed by atoms with E-state index in [1.54, 1.807) is 36.4 Å². The molecule has 0 atom stereocenters. The molecule has 10 heteroatoms. The number of carbonyl (C=O) groups is 1. The molecule has 0 fully saturated rings. The highest BCUT2D eigenvalue weighted by Gasteiger charge is 2.16. The lowest BCUT2D eigenvalue weighted by Gasteiger charge is -2.01. The van der Waals surface area contributed by atoms with Crippen LogP contribution in [0.2, 0.25) is 5.02 Å². The first kappa shape index (κ1) is 18.5. The second-order valence-corrected chi connectivity index (χ2v) is 6.30. The molecule has 2 aromatic carbocycles. The highest BCUT2D eigenvalue weighted by Crippen LogP contribution is 2.33. The number of carbonyl (C=O) groups excluding carboxylic acids is 1. The predicted molar refractivity (Wildman–Crippen MR) is 103 cm³/mol. The van der Waals surface area contributed by atoms with Crippen molar-refractivity contribution in [2.45, 2.75) is 0 Å². The van der Waals surface area contributed by atoms with Gasteiger partial charge in [-0.15, -0.1) is 0 Å². The zero-order chi connectivity index (χ0) is 20.4. The van der Waals surface area contributed by atoms with Gasteiger partial charge < -0.3 is 13.9 Å². The first-order chi connectivity index (χ1) is 14.0. The molecule has 1 aliphatic rings. The first-order valence-electron chi connectivity index (χ1n) is 8.28. The van der Waals surface area contributed by atoms with E-state index in [1.807, 2.05) is 0 Å². The third-order valence-corrected chi connectivity index (χ3v) is 4.37. The molecule has 146 valence electrons. The van der Waals surface area contributed by atoms with Crippen LogP contribution in [0, 0.1) is 10.1 Å². The number of nitro benzene ring substituents is 1. The minimum atomic E-state index is -0.567. The van der Waals surface area contributed by atoms with Gasteiger partial charge in [-0.05, 0) is 42.5 Å². The Balaban J connectivity index is 1.44. The standard InChI is InChI=1S/C19H12ClN3O6/c20-14-4-1-11(7-15(14)23(25)26)16-6-3-13(29-16)9-21-22-19(24)12-2-5-17-18(8-12)28-10-27-17/h1-9H,10H2,(H,22,24)/b21-9-. The summed E-state index contributed by atoms with van der Waals surface area (Å²) in [6, 6.07) is 12.4. The Hall–Kier alpha value is -3.85. The van der Waals surface area contributed by atoms with Gasteiger partial charge in [0.05, 0.1) is 11.1 Å². The van der Waals surface area contributed by atoms with Gasteiger partial charge in [0.15, 0.2) is 11.5 Å². The SMILES string of the molecule is O=C(N/N=C\c1ccc(-c2ccc(Cl)c([N+](=O)[O-])c2)o1)c1ccc2c(c1)OCO2. The molecule has 0 aliphatic carbocycles. The number of hydrogen-bond acceptors (Lipinski definition) is 7. The molecule has 1 aromatic heterocycles. The van der Waals surface area contributed by atoms with Crippen LogP contribution >= 0.6 is 11.6 Å². The number of nitro groups is 1. The fourth-order valence-electron chi connectivity index (χ4n) is 2.64. The van der Waals surface area contributed by atoms with Crippen molar-refractivity contribution in [1.82, 2.24) is 5.43 Å². The maximum atomic E-state index is 12.2. The van der Waals surface area contributed by atoms with Crippen molar-refractivity contribution < 1.29 is 23.6 Å². The minimum absolute atomic E-state index is 0.0401. The molecule has 29 heavy (non-hydrogen) atoms. The van der Waals surface area contributed by atoms with Gasteiger partial charge >= 0.3 is 0 Å². The number of fused-ring (bicyclic) bond motifs is 1. The summed E-state index contributed by atoms with van der Waals surface area (Å²) in [6.45, 7) is 0.121. The highest BCUT2D eigenvalue weighted by atomic mass is 35.5. The quantitative estimate of drug-likeness (QED) is 0.384. The molecular weight excluding hydrogens is 402 g/mol. The van der Waals surface area contributed by atoms with Gasteiger partial charge in [0.25, 0.3) is 11.6 Å². The fourth-order valence-corrected chi connectivity index (χ4v) is 2.83. The molecule has 1 aliphatic heterocycles. The van der Waals surface area contributed by atoms with Crippen LogP contribution in [-0.2, 0) is 0 Å². The molecule has 4 rings (SSSR count). The molecule has 0 bridgehead atoms. The van der Waals surface area contributed by atoms with Gasteiger partial charge in [0, 0.05) is 17.2 Å². The van der Waals surface area contributed by atoms with Crippen LogP contribution in [0.5, 0.6) is 11.5 Å². The number of nitrogens with one attached hydrogen (secondary N) is 1. The maximum Gasteiger partial charge on any atom is 0.288 e. The molecule has 3 aromatic rings. The number of amides is 1. The van der Waals surface area contributed by atoms with Gasteiger partial charge in [-0.3, -0.25) is 14.9 Å². The Bertz CT molecular complexity index is 1140. The van der Waals surface area contributed by atoms with Gasteiger partial charge in [-0.1, -0.05) is 11.6 Å². The average molecular weight is 414 g/mol. The molecular formula is C19H12ClN3O6. The van der Waals surface area contributed by atoms with Crippen LogP contribution in [-0.4, -0.2) is 23.8 Å². The number of halogens is 1. The van der Waals surface area contributed by atoms with E-state index < -0.39 is 10.8 Å². The zero-order valence-corrected chi connectivity index (χ0v) is 15.4. The number of furan rings is 1. The van der Waals surface area contributed by atoms with Gasteiger partial charge in [0.2, 0.25) is 6.79 Å². The number of hydrogen-bond donors (Lipinski definition) is 1. The summed E-state index contributed by atoms with van der Waals surface area (Å²) in [6.07, 6.45) is 1.32. The number of benzene rings is 2. The van der Waals surface area contributed by atoms with Crippen molar-refractivity contribution in [3.8, 4) is 22.8 Å². The summed E-state index contributed by atoms with van der Waals surface area (Å²) < 4.78 is 16.0. The second kappa shape index (κ2) is 7.64. The number of hydrazone groups is 1. The third-order valence-electron chi connectivity index (χ3n) is 4.05. The van der Waals surface area contributed by atoms with Crippen molar-refractivity contribution in [1.29, 1.82) is 0 Å². The summed E-state index contributed by atoms with van der Waals surface area (Å²) in [5.74, 6) is 1.39. The lowest BCUT2D eigenvalue weighted by molar-refractivity contribution is -0.384. The topological polar surface area (TPSA) is 116 Å². The molecule has 0 unspecified atom stereocenters. The lowest BCUT2D eigenvalue weighted by Crippen LogP contribution is -2.17. The average Bonchev–Trinajstić information content (AvgIpc) is 3.36. The van der Waals surface area contributed by atoms with Crippen LogP contribution in [0.25, 0.3) is 11.3 Å². The zero-order valence-electron chi connectivity index (χ0n) is 14.6. The largest absolute Gasteiger partial charge is 0.455 e. The van der Waals surface area contributed by atoms with Crippen molar-refractivity contribution >= 4 is 29.4 Å². The molecule has 0 saturated heterocycles. The van der Waals surface area contributed by atoms with E-state index in [4.69, 9.17) is 25.5 Å². The van der Waals surface area contributed by atoms with Gasteiger partial charge in [-0.2, -0.15) is 5.10 Å². The van der Waals surface area contributed by atoms with Crippen LogP contribution in [0.3, 0.4) is 0 Å². The molecule has 9 nitrogen and oxygen atoms in total. The number of rotatable bonds is 5. The molecule has 1 N–H and O–H groups in total. The van der Waals surface area contributed by atoms with E-state index in [-0.39, 0.29) is 17.5 Å². The van der Waals surface area contributed by atoms with E-state index >= 15 is 0 Å². The molecule has 0 saturated carbocycles. The summed E-state index contributed by atoms with van der Waals surface area (Å²) in [4.78, 5) is 22.6. The van der Waals surface area contributed by atoms with Crippen molar-refractivity contribution in [3.05, 3.63) is 75.0 Å². The summed E-state index contributed by atoms with van der Waals surface area (Å²) in [5, 5.41) is 14.9. The molecule has 0 radical (unpaired) electrons. The fraction of sp³-hybridized carbons (Fsp3) is 0.0526. The summed E-state index contributed by atoms with van der Waals surface area (Å²) >= 11 is 5.82. The van der Waals surface area contributed by atoms with Gasteiger partial charge in [-0.25, -0.2) is 5.43 Å². The summed E-state index contributed by atoms with van der Waals surface area (Å²) in [5.41, 5.74) is 3.02. The van der Waals surface area contributed by atoms with Crippen LogP contribution < -0.4 is 14.9 Å². The van der Waals surface area contributed by atoms with Gasteiger partial charge in [0.1, 0.15) is 16.5 Å².